The van der Waals surface area contributed by atoms with Gasteiger partial charge >= 0.3 is 0 Å². The molecule has 0 saturated carbocycles. The summed E-state index contributed by atoms with van der Waals surface area (Å²) in [5.41, 5.74) is 2.28. The van der Waals surface area contributed by atoms with E-state index in [2.05, 4.69) is 16.7 Å². The SMILES string of the molecule is CNC(=O)Cn1cc(CNCCOC)c2ccccc21. The van der Waals surface area contributed by atoms with Gasteiger partial charge in [0, 0.05) is 44.3 Å². The van der Waals surface area contributed by atoms with Gasteiger partial charge < -0.3 is 19.9 Å². The number of nitrogens with zero attached hydrogens (tertiary/aromatic N) is 1. The van der Waals surface area contributed by atoms with E-state index in [1.54, 1.807) is 14.2 Å². The third-order valence-electron chi connectivity index (χ3n) is 3.26. The van der Waals surface area contributed by atoms with Gasteiger partial charge in [-0.1, -0.05) is 18.2 Å². The normalized spacial score (nSPS) is 10.9. The lowest BCUT2D eigenvalue weighted by Crippen LogP contribution is -2.23. The van der Waals surface area contributed by atoms with Crippen molar-refractivity contribution in [1.82, 2.24) is 15.2 Å². The van der Waals surface area contributed by atoms with Crippen LogP contribution in [-0.4, -0.2) is 37.8 Å². The molecule has 2 rings (SSSR count). The molecule has 0 fully saturated rings. The Labute approximate surface area is 118 Å². The van der Waals surface area contributed by atoms with Crippen LogP contribution in [0.25, 0.3) is 10.9 Å². The molecule has 0 aliphatic carbocycles. The second kappa shape index (κ2) is 7.07. The van der Waals surface area contributed by atoms with Crippen molar-refractivity contribution >= 4 is 16.8 Å². The van der Waals surface area contributed by atoms with Gasteiger partial charge in [0.1, 0.15) is 6.54 Å². The standard InChI is InChI=1S/C15H21N3O2/c1-16-15(19)11-18-10-12(9-17-7-8-20-2)13-5-3-4-6-14(13)18/h3-6,10,17H,7-9,11H2,1-2H3,(H,16,19). The minimum Gasteiger partial charge on any atom is -0.383 e. The molecule has 0 aliphatic heterocycles. The van der Waals surface area contributed by atoms with E-state index in [0.29, 0.717) is 13.2 Å². The molecule has 0 bridgehead atoms. The second-order valence-electron chi connectivity index (χ2n) is 4.64. The molecule has 0 saturated heterocycles. The number of rotatable bonds is 7. The van der Waals surface area contributed by atoms with Crippen molar-refractivity contribution in [2.75, 3.05) is 27.3 Å². The van der Waals surface area contributed by atoms with Crippen LogP contribution in [0.1, 0.15) is 5.56 Å². The number of aromatic nitrogens is 1. The zero-order chi connectivity index (χ0) is 14.4. The molecule has 108 valence electrons. The van der Waals surface area contributed by atoms with E-state index in [0.717, 1.165) is 18.6 Å². The molecule has 2 N–H and O–H groups in total. The van der Waals surface area contributed by atoms with Gasteiger partial charge in [-0.15, -0.1) is 0 Å². The summed E-state index contributed by atoms with van der Waals surface area (Å²) in [7, 11) is 3.35. The minimum atomic E-state index is 0.00430. The smallest absolute Gasteiger partial charge is 0.239 e. The van der Waals surface area contributed by atoms with Gasteiger partial charge in [-0.3, -0.25) is 4.79 Å². The zero-order valence-electron chi connectivity index (χ0n) is 12.0. The summed E-state index contributed by atoms with van der Waals surface area (Å²) in [6.07, 6.45) is 2.04. The van der Waals surface area contributed by atoms with Crippen LogP contribution in [0, 0.1) is 0 Å². The van der Waals surface area contributed by atoms with Crippen LogP contribution in [0.5, 0.6) is 0 Å². The highest BCUT2D eigenvalue weighted by atomic mass is 16.5. The first kappa shape index (κ1) is 14.6. The predicted octanol–water partition coefficient (Wildman–Crippen LogP) is 1.12. The number of fused-ring (bicyclic) bond motifs is 1. The average Bonchev–Trinajstić information content (AvgIpc) is 2.82. The van der Waals surface area contributed by atoms with Crippen molar-refractivity contribution in [2.24, 2.45) is 0 Å². The first-order valence-electron chi connectivity index (χ1n) is 6.73. The molecule has 20 heavy (non-hydrogen) atoms. The fourth-order valence-corrected chi connectivity index (χ4v) is 2.23. The Balaban J connectivity index is 2.19. The fraction of sp³-hybridized carbons (Fsp3) is 0.400. The number of hydrogen-bond acceptors (Lipinski definition) is 3. The number of carbonyl (C=O) groups is 1. The number of likely N-dealkylation sites (N-methyl/N-ethyl adjacent to an activating group) is 1. The van der Waals surface area contributed by atoms with E-state index in [4.69, 9.17) is 4.74 Å². The molecule has 1 amide bonds. The predicted molar refractivity (Wildman–Crippen MR) is 79.6 cm³/mol. The number of nitrogens with one attached hydrogen (secondary N) is 2. The Bertz CT molecular complexity index is 578. The van der Waals surface area contributed by atoms with E-state index >= 15 is 0 Å². The third-order valence-corrected chi connectivity index (χ3v) is 3.26. The van der Waals surface area contributed by atoms with Crippen molar-refractivity contribution in [1.29, 1.82) is 0 Å². The highest BCUT2D eigenvalue weighted by Gasteiger charge is 2.09. The summed E-state index contributed by atoms with van der Waals surface area (Å²) < 4.78 is 7.01. The Hall–Kier alpha value is -1.85. The zero-order valence-corrected chi connectivity index (χ0v) is 12.0. The van der Waals surface area contributed by atoms with Crippen molar-refractivity contribution < 1.29 is 9.53 Å². The van der Waals surface area contributed by atoms with E-state index in [9.17, 15) is 4.79 Å². The van der Waals surface area contributed by atoms with Gasteiger partial charge in [0.25, 0.3) is 0 Å². The summed E-state index contributed by atoms with van der Waals surface area (Å²) in [6.45, 7) is 2.61. The summed E-state index contributed by atoms with van der Waals surface area (Å²) >= 11 is 0. The van der Waals surface area contributed by atoms with Gasteiger partial charge in [0.2, 0.25) is 5.91 Å². The van der Waals surface area contributed by atoms with Crippen LogP contribution < -0.4 is 10.6 Å². The minimum absolute atomic E-state index is 0.00430. The van der Waals surface area contributed by atoms with Crippen molar-refractivity contribution in [3.63, 3.8) is 0 Å². The molecular formula is C15H21N3O2. The van der Waals surface area contributed by atoms with E-state index in [1.165, 1.54) is 10.9 Å². The molecule has 1 heterocycles. The van der Waals surface area contributed by atoms with E-state index in [-0.39, 0.29) is 5.91 Å². The molecule has 0 atom stereocenters. The van der Waals surface area contributed by atoms with Crippen LogP contribution in [0.2, 0.25) is 0 Å². The Morgan fingerprint density at radius 1 is 1.35 bits per heavy atom. The summed E-state index contributed by atoms with van der Waals surface area (Å²) in [5, 5.41) is 7.17. The molecule has 0 spiro atoms. The maximum Gasteiger partial charge on any atom is 0.239 e. The number of carbonyl (C=O) groups excluding carboxylic acids is 1. The van der Waals surface area contributed by atoms with Gasteiger partial charge in [0.05, 0.1) is 6.61 Å². The quantitative estimate of drug-likeness (QED) is 0.745. The molecule has 0 radical (unpaired) electrons. The maximum absolute atomic E-state index is 11.6. The largest absolute Gasteiger partial charge is 0.383 e. The average molecular weight is 275 g/mol. The van der Waals surface area contributed by atoms with Gasteiger partial charge in [-0.2, -0.15) is 0 Å². The maximum atomic E-state index is 11.6. The molecular weight excluding hydrogens is 254 g/mol. The molecule has 0 unspecified atom stereocenters. The molecule has 5 nitrogen and oxygen atoms in total. The topological polar surface area (TPSA) is 55.3 Å². The number of amides is 1. The Kier molecular flexibility index (Phi) is 5.15. The monoisotopic (exact) mass is 275 g/mol. The summed E-state index contributed by atoms with van der Waals surface area (Å²) in [6, 6.07) is 8.13. The molecule has 1 aromatic heterocycles. The van der Waals surface area contributed by atoms with E-state index < -0.39 is 0 Å². The Morgan fingerprint density at radius 2 is 2.15 bits per heavy atom. The number of ether oxygens (including phenoxy) is 1. The van der Waals surface area contributed by atoms with Gasteiger partial charge in [-0.05, 0) is 11.6 Å². The van der Waals surface area contributed by atoms with Crippen LogP contribution in [0.4, 0.5) is 0 Å². The summed E-state index contributed by atoms with van der Waals surface area (Å²) in [5.74, 6) is 0.00430. The first-order valence-corrected chi connectivity index (χ1v) is 6.73. The first-order chi connectivity index (χ1) is 9.76. The fourth-order valence-electron chi connectivity index (χ4n) is 2.23. The molecule has 5 heteroatoms. The van der Waals surface area contributed by atoms with Crippen LogP contribution in [0.3, 0.4) is 0 Å². The van der Waals surface area contributed by atoms with E-state index in [1.807, 2.05) is 29.0 Å². The van der Waals surface area contributed by atoms with Gasteiger partial charge in [-0.25, -0.2) is 0 Å². The Morgan fingerprint density at radius 3 is 2.90 bits per heavy atom. The van der Waals surface area contributed by atoms with Gasteiger partial charge in [0.15, 0.2) is 0 Å². The van der Waals surface area contributed by atoms with Crippen molar-refractivity contribution in [3.8, 4) is 0 Å². The molecule has 2 aromatic rings. The summed E-state index contributed by atoms with van der Waals surface area (Å²) in [4.78, 5) is 11.6. The van der Waals surface area contributed by atoms with Crippen molar-refractivity contribution in [2.45, 2.75) is 13.1 Å². The highest BCUT2D eigenvalue weighted by molar-refractivity contribution is 5.86. The third kappa shape index (κ3) is 3.37. The number of hydrogen-bond donors (Lipinski definition) is 2. The second-order valence-corrected chi connectivity index (χ2v) is 4.64. The lowest BCUT2D eigenvalue weighted by atomic mass is 10.2. The van der Waals surface area contributed by atoms with Crippen LogP contribution in [0.15, 0.2) is 30.5 Å². The number of methoxy groups -OCH3 is 1. The lowest BCUT2D eigenvalue weighted by Gasteiger charge is -2.03. The lowest BCUT2D eigenvalue weighted by molar-refractivity contribution is -0.121. The number of benzene rings is 1. The number of para-hydroxylation sites is 1. The van der Waals surface area contributed by atoms with Crippen LogP contribution >= 0.6 is 0 Å². The molecule has 1 aromatic carbocycles. The highest BCUT2D eigenvalue weighted by Crippen LogP contribution is 2.21. The van der Waals surface area contributed by atoms with Crippen molar-refractivity contribution in [3.05, 3.63) is 36.0 Å². The molecule has 0 aliphatic rings. The van der Waals surface area contributed by atoms with Crippen LogP contribution in [-0.2, 0) is 22.6 Å².